The molecule has 75 heavy (non-hydrogen) atoms. The quantitative estimate of drug-likeness (QED) is 0.0339. The molecule has 0 saturated carbocycles. The highest BCUT2D eigenvalue weighted by Gasteiger charge is 2.64. The number of urea groups is 1. The van der Waals surface area contributed by atoms with Crippen LogP contribution >= 0.6 is 11.6 Å². The summed E-state index contributed by atoms with van der Waals surface area (Å²) in [7, 11) is 7.40. The second kappa shape index (κ2) is 26.8. The smallest absolute Gasteiger partial charge is 0.409 e. The maximum atomic E-state index is 14.4. The van der Waals surface area contributed by atoms with Crippen molar-refractivity contribution in [2.75, 3.05) is 46.8 Å². The highest BCUT2D eigenvalue weighted by atomic mass is 35.5. The number of carbonyl (C=O) groups excluding carboxylic acids is 7. The van der Waals surface area contributed by atoms with Crippen LogP contribution in [0, 0.1) is 11.8 Å². The van der Waals surface area contributed by atoms with Gasteiger partial charge in [-0.3, -0.25) is 24.5 Å². The van der Waals surface area contributed by atoms with Gasteiger partial charge in [0.2, 0.25) is 17.7 Å². The summed E-state index contributed by atoms with van der Waals surface area (Å²) in [4.78, 5) is 96.3. The van der Waals surface area contributed by atoms with Gasteiger partial charge in [0.05, 0.1) is 31.4 Å². The first-order valence-corrected chi connectivity index (χ1v) is 25.0. The highest BCUT2D eigenvalue weighted by molar-refractivity contribution is 6.35. The number of ether oxygens (including phenoxy) is 5. The standard InChI is InChI=1S/C53H75ClN8O13/c1-14-34(21-22-35(15-2)58-46(64)36(19-17-23-57-50(55)68)59-47(65)44(56-9)29(3)4)48(66)61(10)32(7)49(67)74-41-27-42(63)62(11)37-25-33(26-38(71-12)43(37)54)24-30(5)18-16-20-40(72-13)53(70)28-39(73-51(69)60-53)31(6)45-52(41,8)75-45/h14-16,18,20-22,25-26,29,31-32,36,39-41,44-45,56,70H,1-2,17,19,23-24,27-28H2,3-13H3,(H,58,64)(H,59,65)(H,60,69)(H3,55,57,68)/b20-16+,30-18+,34-21+,35-22+/t31-,32+,36+,39+,40-,41+,44+,45+,52+,53+/m1/s1. The monoisotopic (exact) mass is 1070 g/mol. The second-order valence-corrected chi connectivity index (χ2v) is 19.8. The number of likely N-dealkylation sites (N-methyl/N-ethyl adjacent to an activating group) is 2. The number of alkyl carbamates (subject to hydrolysis) is 1. The number of nitrogens with one attached hydrogen (secondary N) is 5. The number of aliphatic hydroxyl groups is 1. The van der Waals surface area contributed by atoms with Gasteiger partial charge >= 0.3 is 18.1 Å². The van der Waals surface area contributed by atoms with Gasteiger partial charge in [-0.05, 0) is 88.9 Å². The lowest BCUT2D eigenvalue weighted by molar-refractivity contribution is -0.161. The number of rotatable bonds is 19. The predicted octanol–water partition coefficient (Wildman–Crippen LogP) is 3.99. The van der Waals surface area contributed by atoms with Crippen LogP contribution in [-0.4, -0.2) is 148 Å². The van der Waals surface area contributed by atoms with Gasteiger partial charge < -0.3 is 65.6 Å². The lowest BCUT2D eigenvalue weighted by Gasteiger charge is -2.42. The number of primary amides is 1. The number of epoxide rings is 1. The van der Waals surface area contributed by atoms with E-state index in [0.717, 1.165) is 16.0 Å². The molecule has 1 aromatic rings. The van der Waals surface area contributed by atoms with E-state index in [4.69, 9.17) is 41.0 Å². The van der Waals surface area contributed by atoms with Crippen LogP contribution in [0.3, 0.4) is 0 Å². The average molecular weight is 1070 g/mol. The predicted molar refractivity (Wildman–Crippen MR) is 282 cm³/mol. The molecule has 7 amide bonds. The number of hydrogen-bond donors (Lipinski definition) is 7. The minimum atomic E-state index is -1.90. The molecule has 21 nitrogen and oxygen atoms in total. The summed E-state index contributed by atoms with van der Waals surface area (Å²) in [5.41, 5.74) is 4.04. The van der Waals surface area contributed by atoms with Gasteiger partial charge in [0.15, 0.2) is 5.72 Å². The summed E-state index contributed by atoms with van der Waals surface area (Å²) >= 11 is 6.83. The Labute approximate surface area is 444 Å². The van der Waals surface area contributed by atoms with E-state index in [1.165, 1.54) is 64.4 Å². The normalized spacial score (nSPS) is 26.6. The summed E-state index contributed by atoms with van der Waals surface area (Å²) in [6, 6.07) is -0.126. The third kappa shape index (κ3) is 15.5. The van der Waals surface area contributed by atoms with Crippen molar-refractivity contribution in [2.24, 2.45) is 17.6 Å². The number of carbonyl (C=O) groups is 7. The summed E-state index contributed by atoms with van der Waals surface area (Å²) in [6.45, 7) is 18.2. The summed E-state index contributed by atoms with van der Waals surface area (Å²) in [5, 5.41) is 25.4. The molecule has 3 aliphatic heterocycles. The van der Waals surface area contributed by atoms with Crippen molar-refractivity contribution in [3.63, 3.8) is 0 Å². The lowest BCUT2D eigenvalue weighted by Crippen LogP contribution is -2.63. The van der Waals surface area contributed by atoms with Crippen molar-refractivity contribution in [1.82, 2.24) is 31.5 Å². The number of halogens is 1. The number of anilines is 1. The topological polar surface area (TPSA) is 282 Å². The number of esters is 1. The number of nitrogens with two attached hydrogens (primary N) is 1. The van der Waals surface area contributed by atoms with Crippen LogP contribution in [0.25, 0.3) is 0 Å². The number of hydrogen-bond acceptors (Lipinski definition) is 14. The van der Waals surface area contributed by atoms with Gasteiger partial charge in [-0.2, -0.15) is 0 Å². The molecule has 0 aliphatic carbocycles. The van der Waals surface area contributed by atoms with Gasteiger partial charge in [0, 0.05) is 51.4 Å². The Morgan fingerprint density at radius 1 is 1.11 bits per heavy atom. The molecule has 10 atom stereocenters. The van der Waals surface area contributed by atoms with E-state index in [-0.39, 0.29) is 41.6 Å². The van der Waals surface area contributed by atoms with Crippen LogP contribution in [0.4, 0.5) is 15.3 Å². The fourth-order valence-electron chi connectivity index (χ4n) is 8.99. The van der Waals surface area contributed by atoms with E-state index in [1.54, 1.807) is 45.2 Å². The molecule has 0 unspecified atom stereocenters. The van der Waals surface area contributed by atoms with E-state index in [1.807, 2.05) is 26.8 Å². The van der Waals surface area contributed by atoms with E-state index in [2.05, 4.69) is 39.7 Å². The van der Waals surface area contributed by atoms with E-state index < -0.39 is 108 Å². The zero-order valence-electron chi connectivity index (χ0n) is 44.7. The lowest BCUT2D eigenvalue weighted by atomic mass is 9.83. The first kappa shape index (κ1) is 61.0. The van der Waals surface area contributed by atoms with Gasteiger partial charge in [0.1, 0.15) is 46.8 Å². The molecule has 0 spiro atoms. The third-order valence-electron chi connectivity index (χ3n) is 13.7. The Morgan fingerprint density at radius 2 is 1.80 bits per heavy atom. The Hall–Kier alpha value is -6.52. The van der Waals surface area contributed by atoms with Gasteiger partial charge in [-0.15, -0.1) is 0 Å². The van der Waals surface area contributed by atoms with E-state index in [0.29, 0.717) is 24.3 Å². The molecule has 2 fully saturated rings. The Balaban J connectivity index is 1.64. The van der Waals surface area contributed by atoms with Crippen molar-refractivity contribution in [3.05, 3.63) is 95.3 Å². The molecule has 2 saturated heterocycles. The van der Waals surface area contributed by atoms with Crippen LogP contribution in [0.2, 0.25) is 5.02 Å². The molecule has 3 heterocycles. The van der Waals surface area contributed by atoms with E-state index >= 15 is 0 Å². The van der Waals surface area contributed by atoms with Crippen molar-refractivity contribution < 1.29 is 62.4 Å². The zero-order chi connectivity index (χ0) is 56.1. The second-order valence-electron chi connectivity index (χ2n) is 19.5. The SMILES string of the molecule is C=C/C(=C\C=C(/C=C)C(=O)N(C)[C@@H](C)C(=O)O[C@H]1CC(=O)N(C)c2cc(cc(OC)c2Cl)C/C(C)=C/C=C/[C@@H](OC)[C@@]2(O)C[C@H](OC(=O)N2)[C@@H](C)[C@@H]2O[C@@]12C)NC(=O)[C@H](CCCNC(N)=O)NC(=O)[C@@H](NC)C(C)C. The molecule has 412 valence electrons. The first-order valence-electron chi connectivity index (χ1n) is 24.6. The van der Waals surface area contributed by atoms with Crippen molar-refractivity contribution >= 4 is 59.0 Å². The largest absolute Gasteiger partial charge is 0.495 e. The first-order chi connectivity index (χ1) is 35.3. The molecule has 1 aromatic carbocycles. The van der Waals surface area contributed by atoms with Crippen LogP contribution < -0.4 is 42.0 Å². The number of amides is 7. The van der Waals surface area contributed by atoms with Crippen molar-refractivity contribution in [1.29, 1.82) is 0 Å². The molecular formula is C53H75ClN8O13. The molecule has 0 radical (unpaired) electrons. The summed E-state index contributed by atoms with van der Waals surface area (Å²) < 4.78 is 29.5. The zero-order valence-corrected chi connectivity index (χ0v) is 45.5. The average Bonchev–Trinajstić information content (AvgIpc) is 4.06. The molecule has 3 aliphatic rings. The highest BCUT2D eigenvalue weighted by Crippen LogP contribution is 2.49. The minimum Gasteiger partial charge on any atom is -0.495 e. The number of methoxy groups -OCH3 is 2. The van der Waals surface area contributed by atoms with Crippen LogP contribution in [-0.2, 0) is 49.3 Å². The molecule has 4 rings (SSSR count). The van der Waals surface area contributed by atoms with E-state index in [9.17, 15) is 38.7 Å². The van der Waals surface area contributed by atoms with Crippen molar-refractivity contribution in [3.8, 4) is 5.75 Å². The van der Waals surface area contributed by atoms with Crippen molar-refractivity contribution in [2.45, 2.75) is 128 Å². The maximum Gasteiger partial charge on any atom is 0.409 e. The number of allylic oxidation sites excluding steroid dienone is 6. The Morgan fingerprint density at radius 3 is 2.40 bits per heavy atom. The van der Waals surface area contributed by atoms with Crippen LogP contribution in [0.1, 0.15) is 72.8 Å². The van der Waals surface area contributed by atoms with Gasteiger partial charge in [0.25, 0.3) is 5.91 Å². The maximum absolute atomic E-state index is 14.4. The molecule has 8 N–H and O–H groups in total. The van der Waals surface area contributed by atoms with Crippen LogP contribution in [0.5, 0.6) is 5.75 Å². The Bertz CT molecular complexity index is 2460. The fraction of sp³-hybridized carbons (Fsp3) is 0.528. The molecule has 4 bridgehead atoms. The minimum absolute atomic E-state index is 0.0000742. The van der Waals surface area contributed by atoms with Gasteiger partial charge in [-0.1, -0.05) is 75.4 Å². The summed E-state index contributed by atoms with van der Waals surface area (Å²) in [6.07, 6.45) is 5.90. The van der Waals surface area contributed by atoms with Crippen LogP contribution in [0.15, 0.2) is 84.7 Å². The fourth-order valence-corrected chi connectivity index (χ4v) is 9.31. The molecular weight excluding hydrogens is 992 g/mol. The summed E-state index contributed by atoms with van der Waals surface area (Å²) in [5.74, 6) is -3.52. The number of nitrogens with zero attached hydrogens (tertiary/aromatic N) is 2. The molecule has 22 heteroatoms. The Kier molecular flexibility index (Phi) is 21.8. The third-order valence-corrected chi connectivity index (χ3v) is 14.1. The number of benzene rings is 1. The number of fused-ring (bicyclic) bond motifs is 5. The molecule has 0 aromatic heterocycles. The van der Waals surface area contributed by atoms with Gasteiger partial charge in [-0.25, -0.2) is 14.4 Å².